The summed E-state index contributed by atoms with van der Waals surface area (Å²) in [6.07, 6.45) is 2.71. The zero-order chi connectivity index (χ0) is 13.1. The van der Waals surface area contributed by atoms with E-state index in [1.165, 1.54) is 18.4 Å². The molecule has 98 valence electrons. The Balaban J connectivity index is 2.00. The maximum atomic E-state index is 8.64. The molecule has 0 radical (unpaired) electrons. The quantitative estimate of drug-likeness (QED) is 0.322. The smallest absolute Gasteiger partial charge is 0.170 e. The van der Waals surface area contributed by atoms with Gasteiger partial charge in [-0.2, -0.15) is 0 Å². The van der Waals surface area contributed by atoms with Crippen LogP contribution >= 0.6 is 0 Å². The number of rotatable bonds is 5. The molecule has 0 bridgehead atoms. The molecule has 4 heteroatoms. The molecule has 4 N–H and O–H groups in total. The van der Waals surface area contributed by atoms with Crippen LogP contribution in [0.2, 0.25) is 0 Å². The summed E-state index contributed by atoms with van der Waals surface area (Å²) in [5.74, 6) is 1.02. The van der Waals surface area contributed by atoms with Crippen LogP contribution in [-0.2, 0) is 6.54 Å². The minimum Gasteiger partial charge on any atom is -0.409 e. The summed E-state index contributed by atoms with van der Waals surface area (Å²) < 4.78 is 0. The lowest BCUT2D eigenvalue weighted by Gasteiger charge is -2.14. The van der Waals surface area contributed by atoms with Gasteiger partial charge in [-0.15, -0.1) is 0 Å². The van der Waals surface area contributed by atoms with Crippen molar-refractivity contribution in [3.05, 3.63) is 34.9 Å². The molecule has 1 saturated carbocycles. The lowest BCUT2D eigenvalue weighted by atomic mass is 10.0. The van der Waals surface area contributed by atoms with Crippen molar-refractivity contribution >= 4 is 5.84 Å². The Hall–Kier alpha value is -1.55. The summed E-state index contributed by atoms with van der Waals surface area (Å²) in [6, 6.07) is 6.47. The van der Waals surface area contributed by atoms with Crippen molar-refractivity contribution in [2.24, 2.45) is 16.8 Å². The van der Waals surface area contributed by atoms with E-state index in [2.05, 4.69) is 17.4 Å². The fourth-order valence-electron chi connectivity index (χ4n) is 2.15. The van der Waals surface area contributed by atoms with Gasteiger partial charge in [-0.3, -0.25) is 0 Å². The van der Waals surface area contributed by atoms with Gasteiger partial charge in [0.25, 0.3) is 0 Å². The normalized spacial score (nSPS) is 17.8. The van der Waals surface area contributed by atoms with Gasteiger partial charge in [-0.1, -0.05) is 17.3 Å². The second-order valence-corrected chi connectivity index (χ2v) is 5.13. The second-order valence-electron chi connectivity index (χ2n) is 5.13. The van der Waals surface area contributed by atoms with Gasteiger partial charge in [-0.05, 0) is 49.8 Å². The van der Waals surface area contributed by atoms with Gasteiger partial charge in [0.05, 0.1) is 0 Å². The summed E-state index contributed by atoms with van der Waals surface area (Å²) >= 11 is 0. The molecule has 1 aliphatic rings. The molecule has 0 aliphatic heterocycles. The highest BCUT2D eigenvalue weighted by atomic mass is 16.4. The Morgan fingerprint density at radius 1 is 1.56 bits per heavy atom. The molecule has 0 amide bonds. The summed E-state index contributed by atoms with van der Waals surface area (Å²) in [5, 5.41) is 15.2. The Bertz CT molecular complexity index is 452. The van der Waals surface area contributed by atoms with E-state index in [0.717, 1.165) is 23.6 Å². The van der Waals surface area contributed by atoms with E-state index in [0.29, 0.717) is 6.04 Å². The average Bonchev–Trinajstić information content (AvgIpc) is 3.20. The van der Waals surface area contributed by atoms with Gasteiger partial charge in [-0.25, -0.2) is 0 Å². The molecule has 0 heterocycles. The van der Waals surface area contributed by atoms with Crippen molar-refractivity contribution in [3.8, 4) is 0 Å². The van der Waals surface area contributed by atoms with Gasteiger partial charge >= 0.3 is 0 Å². The molecular formula is C14H21N3O. The van der Waals surface area contributed by atoms with Gasteiger partial charge in [0.1, 0.15) is 0 Å². The number of hydrogen-bond donors (Lipinski definition) is 3. The Labute approximate surface area is 108 Å². The first-order chi connectivity index (χ1) is 8.61. The Morgan fingerprint density at radius 3 is 2.83 bits per heavy atom. The molecule has 1 fully saturated rings. The third-order valence-corrected chi connectivity index (χ3v) is 3.69. The maximum Gasteiger partial charge on any atom is 0.170 e. The molecule has 2 rings (SSSR count). The molecule has 0 aromatic heterocycles. The first-order valence-corrected chi connectivity index (χ1v) is 6.42. The van der Waals surface area contributed by atoms with Gasteiger partial charge < -0.3 is 16.3 Å². The van der Waals surface area contributed by atoms with E-state index >= 15 is 0 Å². The van der Waals surface area contributed by atoms with Crippen LogP contribution in [0.5, 0.6) is 0 Å². The zero-order valence-corrected chi connectivity index (χ0v) is 11.0. The average molecular weight is 247 g/mol. The molecule has 18 heavy (non-hydrogen) atoms. The number of hydrogen-bond acceptors (Lipinski definition) is 3. The third-order valence-electron chi connectivity index (χ3n) is 3.69. The first-order valence-electron chi connectivity index (χ1n) is 6.42. The molecular weight excluding hydrogens is 226 g/mol. The van der Waals surface area contributed by atoms with Crippen molar-refractivity contribution < 1.29 is 5.21 Å². The molecule has 1 aliphatic carbocycles. The van der Waals surface area contributed by atoms with Crippen LogP contribution in [-0.4, -0.2) is 17.1 Å². The van der Waals surface area contributed by atoms with Crippen LogP contribution < -0.4 is 11.1 Å². The largest absolute Gasteiger partial charge is 0.409 e. The minimum absolute atomic E-state index is 0.156. The predicted molar refractivity (Wildman–Crippen MR) is 72.7 cm³/mol. The highest BCUT2D eigenvalue weighted by molar-refractivity contribution is 5.97. The van der Waals surface area contributed by atoms with Crippen LogP contribution in [0.1, 0.15) is 36.5 Å². The number of nitrogens with zero attached hydrogens (tertiary/aromatic N) is 1. The van der Waals surface area contributed by atoms with E-state index in [1.54, 1.807) is 0 Å². The number of aryl methyl sites for hydroxylation is 1. The fraction of sp³-hybridized carbons (Fsp3) is 0.500. The Morgan fingerprint density at radius 2 is 2.28 bits per heavy atom. The summed E-state index contributed by atoms with van der Waals surface area (Å²) in [6.45, 7) is 5.17. The highest BCUT2D eigenvalue weighted by Crippen LogP contribution is 2.32. The van der Waals surface area contributed by atoms with Crippen LogP contribution in [0.15, 0.2) is 23.4 Å². The SMILES string of the molecule is Cc1cc(/C(N)=N/O)ccc1CNC(C)C1CC1. The van der Waals surface area contributed by atoms with Crippen molar-refractivity contribution in [1.29, 1.82) is 0 Å². The topological polar surface area (TPSA) is 70.6 Å². The molecule has 4 nitrogen and oxygen atoms in total. The lowest BCUT2D eigenvalue weighted by Crippen LogP contribution is -2.27. The number of nitrogens with one attached hydrogen (secondary N) is 1. The van der Waals surface area contributed by atoms with Crippen molar-refractivity contribution in [2.45, 2.75) is 39.3 Å². The summed E-state index contributed by atoms with van der Waals surface area (Å²) in [5.41, 5.74) is 8.75. The number of oxime groups is 1. The molecule has 1 aromatic rings. The zero-order valence-electron chi connectivity index (χ0n) is 11.0. The van der Waals surface area contributed by atoms with Gasteiger partial charge in [0.15, 0.2) is 5.84 Å². The van der Waals surface area contributed by atoms with E-state index < -0.39 is 0 Å². The van der Waals surface area contributed by atoms with Crippen LogP contribution in [0, 0.1) is 12.8 Å². The number of benzene rings is 1. The van der Waals surface area contributed by atoms with E-state index in [-0.39, 0.29) is 5.84 Å². The second kappa shape index (κ2) is 5.40. The van der Waals surface area contributed by atoms with Crippen LogP contribution in [0.3, 0.4) is 0 Å². The first kappa shape index (κ1) is 12.9. The molecule has 1 atom stereocenters. The monoisotopic (exact) mass is 247 g/mol. The van der Waals surface area contributed by atoms with Gasteiger partial charge in [0, 0.05) is 18.2 Å². The Kier molecular flexibility index (Phi) is 3.87. The standard InChI is InChI=1S/C14H21N3O/c1-9-7-12(14(15)17-18)5-6-13(9)8-16-10(2)11-3-4-11/h5-7,10-11,16,18H,3-4,8H2,1-2H3,(H2,15,17). The number of amidine groups is 1. The fourth-order valence-corrected chi connectivity index (χ4v) is 2.15. The predicted octanol–water partition coefficient (Wildman–Crippen LogP) is 1.98. The van der Waals surface area contributed by atoms with E-state index in [1.807, 2.05) is 25.1 Å². The third kappa shape index (κ3) is 3.01. The van der Waals surface area contributed by atoms with Crippen molar-refractivity contribution in [1.82, 2.24) is 5.32 Å². The van der Waals surface area contributed by atoms with Crippen molar-refractivity contribution in [3.63, 3.8) is 0 Å². The van der Waals surface area contributed by atoms with Crippen molar-refractivity contribution in [2.75, 3.05) is 0 Å². The summed E-state index contributed by atoms with van der Waals surface area (Å²) in [7, 11) is 0. The summed E-state index contributed by atoms with van der Waals surface area (Å²) in [4.78, 5) is 0. The molecule has 0 spiro atoms. The number of nitrogens with two attached hydrogens (primary N) is 1. The minimum atomic E-state index is 0.156. The van der Waals surface area contributed by atoms with E-state index in [9.17, 15) is 0 Å². The van der Waals surface area contributed by atoms with E-state index in [4.69, 9.17) is 10.9 Å². The molecule has 1 unspecified atom stereocenters. The van der Waals surface area contributed by atoms with Crippen LogP contribution in [0.25, 0.3) is 0 Å². The van der Waals surface area contributed by atoms with Crippen LogP contribution in [0.4, 0.5) is 0 Å². The highest BCUT2D eigenvalue weighted by Gasteiger charge is 2.27. The maximum absolute atomic E-state index is 8.64. The molecule has 0 saturated heterocycles. The van der Waals surface area contributed by atoms with Gasteiger partial charge in [0.2, 0.25) is 0 Å². The lowest BCUT2D eigenvalue weighted by molar-refractivity contribution is 0.318. The molecule has 1 aromatic carbocycles.